The summed E-state index contributed by atoms with van der Waals surface area (Å²) in [6.07, 6.45) is -0.358. The normalized spacial score (nSPS) is 13.6. The lowest BCUT2D eigenvalue weighted by Gasteiger charge is -2.11. The highest BCUT2D eigenvalue weighted by Crippen LogP contribution is 2.19. The highest BCUT2D eigenvalue weighted by atomic mass is 79.9. The van der Waals surface area contributed by atoms with Crippen LogP contribution >= 0.6 is 15.9 Å². The minimum Gasteiger partial charge on any atom is -0.392 e. The van der Waals surface area contributed by atoms with E-state index in [1.165, 1.54) is 12.1 Å². The Morgan fingerprint density at radius 1 is 1.53 bits per heavy atom. The van der Waals surface area contributed by atoms with E-state index in [2.05, 4.69) is 20.7 Å². The lowest BCUT2D eigenvalue weighted by Crippen LogP contribution is -2.32. The van der Waals surface area contributed by atoms with E-state index >= 15 is 0 Å². The summed E-state index contributed by atoms with van der Waals surface area (Å²) >= 11 is 3.07. The van der Waals surface area contributed by atoms with E-state index in [1.807, 2.05) is 0 Å². The molecule has 0 radical (unpaired) electrons. The van der Waals surface area contributed by atoms with Crippen LogP contribution in [0.3, 0.4) is 0 Å². The van der Waals surface area contributed by atoms with Crippen LogP contribution in [0.2, 0.25) is 0 Å². The number of nitrogens with one attached hydrogen (secondary N) is 1. The molecule has 7 heteroatoms. The number of aliphatic hydroxyl groups is 1. The molecule has 1 rings (SSSR count). The van der Waals surface area contributed by atoms with Gasteiger partial charge in [-0.3, -0.25) is 0 Å². The molecule has 2 N–H and O–H groups in total. The lowest BCUT2D eigenvalue weighted by molar-refractivity contribution is 0.174. The summed E-state index contributed by atoms with van der Waals surface area (Å²) in [5, 5.41) is 9.26. The Hall–Kier alpha value is -0.500. The van der Waals surface area contributed by atoms with Gasteiger partial charge in [-0.2, -0.15) is 0 Å². The van der Waals surface area contributed by atoms with Crippen LogP contribution < -0.4 is 4.72 Å². The Kier molecular flexibility index (Phi) is 5.05. The monoisotopic (exact) mass is 325 g/mol. The van der Waals surface area contributed by atoms with Crippen molar-refractivity contribution in [1.29, 1.82) is 0 Å². The van der Waals surface area contributed by atoms with E-state index in [0.717, 1.165) is 6.07 Å². The van der Waals surface area contributed by atoms with Crippen molar-refractivity contribution in [2.75, 3.05) is 6.54 Å². The molecule has 1 unspecified atom stereocenters. The van der Waals surface area contributed by atoms with Crippen LogP contribution in [0.1, 0.15) is 13.3 Å². The van der Waals surface area contributed by atoms with Gasteiger partial charge in [0.25, 0.3) is 0 Å². The van der Waals surface area contributed by atoms with Gasteiger partial charge in [0, 0.05) is 11.0 Å². The molecule has 17 heavy (non-hydrogen) atoms. The van der Waals surface area contributed by atoms with Crippen LogP contribution in [0.15, 0.2) is 27.6 Å². The first kappa shape index (κ1) is 14.6. The molecule has 0 spiro atoms. The van der Waals surface area contributed by atoms with E-state index in [4.69, 9.17) is 0 Å². The predicted molar refractivity (Wildman–Crippen MR) is 65.6 cm³/mol. The second kappa shape index (κ2) is 5.90. The van der Waals surface area contributed by atoms with Crippen molar-refractivity contribution in [2.24, 2.45) is 0 Å². The van der Waals surface area contributed by atoms with Gasteiger partial charge >= 0.3 is 0 Å². The lowest BCUT2D eigenvalue weighted by atomic mass is 10.3. The smallest absolute Gasteiger partial charge is 0.243 e. The third-order valence-electron chi connectivity index (χ3n) is 2.16. The minimum atomic E-state index is -3.93. The van der Waals surface area contributed by atoms with E-state index in [9.17, 15) is 17.9 Å². The largest absolute Gasteiger partial charge is 0.392 e. The Labute approximate surface area is 108 Å². The summed E-state index contributed by atoms with van der Waals surface area (Å²) in [7, 11) is -3.93. The van der Waals surface area contributed by atoms with E-state index < -0.39 is 26.8 Å². The van der Waals surface area contributed by atoms with Crippen molar-refractivity contribution < 1.29 is 17.9 Å². The zero-order valence-corrected chi connectivity index (χ0v) is 11.6. The number of benzene rings is 1. The van der Waals surface area contributed by atoms with Crippen LogP contribution in [0.5, 0.6) is 0 Å². The average molecular weight is 326 g/mol. The molecule has 4 nitrogen and oxygen atoms in total. The van der Waals surface area contributed by atoms with Crippen LogP contribution in [0.4, 0.5) is 4.39 Å². The van der Waals surface area contributed by atoms with Gasteiger partial charge in [0.05, 0.1) is 6.10 Å². The summed E-state index contributed by atoms with van der Waals surface area (Å²) in [5.74, 6) is -0.827. The number of hydrogen-bond acceptors (Lipinski definition) is 3. The zero-order valence-electron chi connectivity index (χ0n) is 9.15. The summed E-state index contributed by atoms with van der Waals surface area (Å²) in [6, 6.07) is 3.65. The molecule has 0 bridgehead atoms. The number of hydrogen-bond donors (Lipinski definition) is 2. The molecule has 0 amide bonds. The maximum absolute atomic E-state index is 13.4. The fraction of sp³-hybridized carbons (Fsp3) is 0.400. The van der Waals surface area contributed by atoms with Crippen molar-refractivity contribution in [1.82, 2.24) is 4.72 Å². The van der Waals surface area contributed by atoms with Gasteiger partial charge in [-0.15, -0.1) is 0 Å². The Bertz CT molecular complexity index is 492. The number of sulfonamides is 1. The fourth-order valence-electron chi connectivity index (χ4n) is 1.11. The molecular formula is C10H13BrFNO3S. The van der Waals surface area contributed by atoms with E-state index in [-0.39, 0.29) is 6.54 Å². The molecule has 96 valence electrons. The molecule has 1 atom stereocenters. The molecule has 1 aromatic rings. The predicted octanol–water partition coefficient (Wildman–Crippen LogP) is 1.64. The van der Waals surface area contributed by atoms with Gasteiger partial charge in [0.2, 0.25) is 10.0 Å². The SMILES string of the molecule is CCC(O)CNS(=O)(=O)c1cc(Br)ccc1F. The van der Waals surface area contributed by atoms with Gasteiger partial charge in [-0.05, 0) is 24.6 Å². The van der Waals surface area contributed by atoms with Crippen molar-refractivity contribution in [2.45, 2.75) is 24.3 Å². The number of rotatable bonds is 5. The maximum atomic E-state index is 13.4. The maximum Gasteiger partial charge on any atom is 0.243 e. The van der Waals surface area contributed by atoms with Gasteiger partial charge in [0.15, 0.2) is 0 Å². The van der Waals surface area contributed by atoms with Crippen molar-refractivity contribution in [3.63, 3.8) is 0 Å². The zero-order chi connectivity index (χ0) is 13.1. The van der Waals surface area contributed by atoms with Gasteiger partial charge in [0.1, 0.15) is 10.7 Å². The van der Waals surface area contributed by atoms with Crippen molar-refractivity contribution in [3.8, 4) is 0 Å². The molecule has 0 aliphatic heterocycles. The molecule has 0 saturated carbocycles. The molecule has 0 aliphatic carbocycles. The van der Waals surface area contributed by atoms with E-state index in [1.54, 1.807) is 6.92 Å². The second-order valence-electron chi connectivity index (χ2n) is 3.49. The Balaban J connectivity index is 2.93. The summed E-state index contributed by atoms with van der Waals surface area (Å²) in [4.78, 5) is -0.435. The molecule has 0 fully saturated rings. The van der Waals surface area contributed by atoms with Gasteiger partial charge in [-0.25, -0.2) is 17.5 Å². The molecule has 0 heterocycles. The topological polar surface area (TPSA) is 66.4 Å². The molecular weight excluding hydrogens is 313 g/mol. The Morgan fingerprint density at radius 3 is 2.76 bits per heavy atom. The molecule has 1 aromatic carbocycles. The first-order chi connectivity index (χ1) is 7.86. The molecule has 0 saturated heterocycles. The van der Waals surface area contributed by atoms with Gasteiger partial charge in [-0.1, -0.05) is 22.9 Å². The third kappa shape index (κ3) is 4.02. The van der Waals surface area contributed by atoms with Crippen LogP contribution in [-0.4, -0.2) is 26.2 Å². The second-order valence-corrected chi connectivity index (χ2v) is 6.14. The third-order valence-corrected chi connectivity index (χ3v) is 4.09. The van der Waals surface area contributed by atoms with Crippen molar-refractivity contribution >= 4 is 26.0 Å². The summed E-state index contributed by atoms with van der Waals surface area (Å²) < 4.78 is 39.5. The highest BCUT2D eigenvalue weighted by molar-refractivity contribution is 9.10. The summed E-state index contributed by atoms with van der Waals surface area (Å²) in [6.45, 7) is 1.59. The van der Waals surface area contributed by atoms with Crippen LogP contribution in [0.25, 0.3) is 0 Å². The fourth-order valence-corrected chi connectivity index (χ4v) is 2.80. The van der Waals surface area contributed by atoms with Crippen molar-refractivity contribution in [3.05, 3.63) is 28.5 Å². The first-order valence-corrected chi connectivity index (χ1v) is 7.27. The average Bonchev–Trinajstić information content (AvgIpc) is 2.29. The quantitative estimate of drug-likeness (QED) is 0.864. The number of aliphatic hydroxyl groups excluding tert-OH is 1. The molecule has 0 aromatic heterocycles. The van der Waals surface area contributed by atoms with Crippen LogP contribution in [0, 0.1) is 5.82 Å². The Morgan fingerprint density at radius 2 is 2.18 bits per heavy atom. The minimum absolute atomic E-state index is 0.134. The standard InChI is InChI=1S/C10H13BrFNO3S/c1-2-8(14)6-13-17(15,16)10-5-7(11)3-4-9(10)12/h3-5,8,13-14H,2,6H2,1H3. The van der Waals surface area contributed by atoms with E-state index in [0.29, 0.717) is 10.9 Å². The molecule has 0 aliphatic rings. The van der Waals surface area contributed by atoms with Gasteiger partial charge < -0.3 is 5.11 Å². The number of halogens is 2. The summed E-state index contributed by atoms with van der Waals surface area (Å²) in [5.41, 5.74) is 0. The van der Waals surface area contributed by atoms with Crippen LogP contribution in [-0.2, 0) is 10.0 Å². The first-order valence-electron chi connectivity index (χ1n) is 4.99. The highest BCUT2D eigenvalue weighted by Gasteiger charge is 2.19.